The molecule has 0 spiro atoms. The molecule has 4 heteroatoms. The van der Waals surface area contributed by atoms with Gasteiger partial charge in [-0.05, 0) is 54.8 Å². The van der Waals surface area contributed by atoms with Crippen molar-refractivity contribution in [1.82, 2.24) is 14.8 Å². The van der Waals surface area contributed by atoms with E-state index in [2.05, 4.69) is 45.7 Å². The van der Waals surface area contributed by atoms with Gasteiger partial charge in [-0.2, -0.15) is 5.10 Å². The summed E-state index contributed by atoms with van der Waals surface area (Å²) in [4.78, 5) is 4.52. The van der Waals surface area contributed by atoms with E-state index < -0.39 is 0 Å². The van der Waals surface area contributed by atoms with E-state index in [1.165, 1.54) is 11.3 Å². The van der Waals surface area contributed by atoms with Crippen LogP contribution in [0.15, 0.2) is 61.1 Å². The number of rotatable bonds is 3. The number of hydrogen-bond acceptors (Lipinski definition) is 3. The molecule has 1 aliphatic carbocycles. The second-order valence-electron chi connectivity index (χ2n) is 5.28. The molecule has 1 unspecified atom stereocenters. The Kier molecular flexibility index (Phi) is 2.92. The number of aromatic nitrogens is 3. The molecule has 2 aromatic heterocycles. The lowest BCUT2D eigenvalue weighted by atomic mass is 10.2. The van der Waals surface area contributed by atoms with E-state index in [1.54, 1.807) is 6.20 Å². The van der Waals surface area contributed by atoms with E-state index in [0.29, 0.717) is 6.04 Å². The molecule has 1 aromatic carbocycles. The summed E-state index contributed by atoms with van der Waals surface area (Å²) in [5, 5.41) is 7.81. The van der Waals surface area contributed by atoms with E-state index in [4.69, 9.17) is 0 Å². The lowest BCUT2D eigenvalue weighted by Gasteiger charge is -2.15. The summed E-state index contributed by atoms with van der Waals surface area (Å²) in [6.45, 7) is 0. The Morgan fingerprint density at radius 2 is 1.95 bits per heavy atom. The highest BCUT2D eigenvalue weighted by Crippen LogP contribution is 2.32. The van der Waals surface area contributed by atoms with Gasteiger partial charge in [0.2, 0.25) is 0 Å². The Balaban J connectivity index is 1.53. The fourth-order valence-electron chi connectivity index (χ4n) is 2.89. The van der Waals surface area contributed by atoms with Crippen molar-refractivity contribution in [3.63, 3.8) is 0 Å². The smallest absolute Gasteiger partial charge is 0.0691 e. The predicted octanol–water partition coefficient (Wildman–Crippen LogP) is 3.37. The third-order valence-electron chi connectivity index (χ3n) is 3.94. The number of aryl methyl sites for hydroxylation is 1. The summed E-state index contributed by atoms with van der Waals surface area (Å²) >= 11 is 0. The van der Waals surface area contributed by atoms with Gasteiger partial charge < -0.3 is 5.32 Å². The third kappa shape index (κ3) is 2.29. The van der Waals surface area contributed by atoms with Gasteiger partial charge in [0.15, 0.2) is 0 Å². The van der Waals surface area contributed by atoms with Gasteiger partial charge >= 0.3 is 0 Å². The molecule has 0 saturated heterocycles. The van der Waals surface area contributed by atoms with Crippen LogP contribution >= 0.6 is 0 Å². The van der Waals surface area contributed by atoms with Crippen LogP contribution in [0.5, 0.6) is 0 Å². The number of anilines is 1. The minimum atomic E-state index is 0.316. The molecule has 104 valence electrons. The van der Waals surface area contributed by atoms with Gasteiger partial charge in [-0.15, -0.1) is 0 Å². The fourth-order valence-corrected chi connectivity index (χ4v) is 2.89. The molecular weight excluding hydrogens is 260 g/mol. The SMILES string of the molecule is c1cnc2c(c1)CCC2Nc1ccc(-n2cccn2)cc1. The van der Waals surface area contributed by atoms with Crippen molar-refractivity contribution in [3.8, 4) is 5.69 Å². The van der Waals surface area contributed by atoms with E-state index >= 15 is 0 Å². The summed E-state index contributed by atoms with van der Waals surface area (Å²) in [6.07, 6.45) is 7.81. The summed E-state index contributed by atoms with van der Waals surface area (Å²) in [7, 11) is 0. The second kappa shape index (κ2) is 5.05. The van der Waals surface area contributed by atoms with Gasteiger partial charge in [-0.25, -0.2) is 4.68 Å². The second-order valence-corrected chi connectivity index (χ2v) is 5.28. The number of nitrogens with zero attached hydrogens (tertiary/aromatic N) is 3. The van der Waals surface area contributed by atoms with Crippen LogP contribution in [0.3, 0.4) is 0 Å². The van der Waals surface area contributed by atoms with Crippen LogP contribution in [-0.2, 0) is 6.42 Å². The van der Waals surface area contributed by atoms with Crippen LogP contribution in [0.4, 0.5) is 5.69 Å². The maximum Gasteiger partial charge on any atom is 0.0691 e. The maximum absolute atomic E-state index is 4.52. The van der Waals surface area contributed by atoms with Crippen molar-refractivity contribution in [2.75, 3.05) is 5.32 Å². The molecule has 4 nitrogen and oxygen atoms in total. The topological polar surface area (TPSA) is 42.7 Å². The first-order valence-corrected chi connectivity index (χ1v) is 7.20. The van der Waals surface area contributed by atoms with E-state index in [9.17, 15) is 0 Å². The molecule has 0 fully saturated rings. The summed E-state index contributed by atoms with van der Waals surface area (Å²) in [5.74, 6) is 0. The zero-order valence-electron chi connectivity index (χ0n) is 11.6. The van der Waals surface area contributed by atoms with Gasteiger partial charge in [-0.1, -0.05) is 6.07 Å². The lowest BCUT2D eigenvalue weighted by molar-refractivity contribution is 0.746. The normalized spacial score (nSPS) is 16.7. The highest BCUT2D eigenvalue weighted by Gasteiger charge is 2.23. The van der Waals surface area contributed by atoms with Crippen LogP contribution in [0.2, 0.25) is 0 Å². The minimum absolute atomic E-state index is 0.316. The largest absolute Gasteiger partial charge is 0.377 e. The summed E-state index contributed by atoms with van der Waals surface area (Å²) < 4.78 is 1.86. The molecule has 1 aliphatic rings. The molecule has 4 rings (SSSR count). The van der Waals surface area contributed by atoms with Gasteiger partial charge in [0.1, 0.15) is 0 Å². The van der Waals surface area contributed by atoms with Crippen molar-refractivity contribution < 1.29 is 0 Å². The van der Waals surface area contributed by atoms with Crippen molar-refractivity contribution in [1.29, 1.82) is 0 Å². The Morgan fingerprint density at radius 1 is 1.05 bits per heavy atom. The zero-order chi connectivity index (χ0) is 14.1. The first-order valence-electron chi connectivity index (χ1n) is 7.20. The Bertz CT molecular complexity index is 732. The van der Waals surface area contributed by atoms with Gasteiger partial charge in [0, 0.05) is 24.3 Å². The van der Waals surface area contributed by atoms with Crippen molar-refractivity contribution >= 4 is 5.69 Å². The van der Waals surface area contributed by atoms with Gasteiger partial charge in [0.05, 0.1) is 17.4 Å². The average Bonchev–Trinajstić information content (AvgIpc) is 3.19. The quantitative estimate of drug-likeness (QED) is 0.797. The van der Waals surface area contributed by atoms with Gasteiger partial charge in [-0.3, -0.25) is 4.98 Å². The van der Waals surface area contributed by atoms with Crippen LogP contribution in [0.1, 0.15) is 23.7 Å². The van der Waals surface area contributed by atoms with Crippen LogP contribution in [-0.4, -0.2) is 14.8 Å². The molecule has 2 heterocycles. The highest BCUT2D eigenvalue weighted by molar-refractivity contribution is 5.50. The first kappa shape index (κ1) is 12.1. The summed E-state index contributed by atoms with van der Waals surface area (Å²) in [5.41, 5.74) is 4.74. The Labute approximate surface area is 123 Å². The van der Waals surface area contributed by atoms with Crippen LogP contribution < -0.4 is 5.32 Å². The molecule has 0 radical (unpaired) electrons. The molecule has 0 aliphatic heterocycles. The predicted molar refractivity (Wildman–Crippen MR) is 82.5 cm³/mol. The van der Waals surface area contributed by atoms with E-state index in [0.717, 1.165) is 24.2 Å². The van der Waals surface area contributed by atoms with Crippen LogP contribution in [0, 0.1) is 0 Å². The Hall–Kier alpha value is -2.62. The first-order chi connectivity index (χ1) is 10.4. The van der Waals surface area contributed by atoms with Crippen LogP contribution in [0.25, 0.3) is 5.69 Å². The van der Waals surface area contributed by atoms with Crippen molar-refractivity contribution in [2.24, 2.45) is 0 Å². The molecule has 21 heavy (non-hydrogen) atoms. The molecule has 1 atom stereocenters. The minimum Gasteiger partial charge on any atom is -0.377 e. The standard InChI is InChI=1S/C17H16N4/c1-3-13-4-9-16(17(13)18-10-1)20-14-5-7-15(8-6-14)21-12-2-11-19-21/h1-3,5-8,10-12,16,20H,4,9H2. The third-order valence-corrected chi connectivity index (χ3v) is 3.94. The molecular formula is C17H16N4. The molecule has 0 saturated carbocycles. The molecule has 3 aromatic rings. The monoisotopic (exact) mass is 276 g/mol. The maximum atomic E-state index is 4.52. The van der Waals surface area contributed by atoms with E-state index in [1.807, 2.05) is 29.2 Å². The lowest BCUT2D eigenvalue weighted by Crippen LogP contribution is -2.08. The van der Waals surface area contributed by atoms with Crippen molar-refractivity contribution in [2.45, 2.75) is 18.9 Å². The van der Waals surface area contributed by atoms with E-state index in [-0.39, 0.29) is 0 Å². The molecule has 1 N–H and O–H groups in total. The van der Waals surface area contributed by atoms with Crippen molar-refractivity contribution in [3.05, 3.63) is 72.3 Å². The van der Waals surface area contributed by atoms with Gasteiger partial charge in [0.25, 0.3) is 0 Å². The molecule has 0 amide bonds. The fraction of sp³-hybridized carbons (Fsp3) is 0.176. The average molecular weight is 276 g/mol. The Morgan fingerprint density at radius 3 is 2.76 bits per heavy atom. The summed E-state index contributed by atoms with van der Waals surface area (Å²) in [6, 6.07) is 14.8. The number of hydrogen-bond donors (Lipinski definition) is 1. The number of fused-ring (bicyclic) bond motifs is 1. The zero-order valence-corrected chi connectivity index (χ0v) is 11.6. The number of benzene rings is 1. The molecule has 0 bridgehead atoms. The number of pyridine rings is 1. The highest BCUT2D eigenvalue weighted by atomic mass is 15.3. The number of nitrogens with one attached hydrogen (secondary N) is 1.